The molecule has 0 spiro atoms. The summed E-state index contributed by atoms with van der Waals surface area (Å²) >= 11 is 0. The fourth-order valence-corrected chi connectivity index (χ4v) is 3.59. The molecule has 1 saturated heterocycles. The monoisotopic (exact) mass is 306 g/mol. The summed E-state index contributed by atoms with van der Waals surface area (Å²) in [7, 11) is 0. The van der Waals surface area contributed by atoms with Crippen LogP contribution in [0.2, 0.25) is 0 Å². The van der Waals surface area contributed by atoms with Gasteiger partial charge in [0.15, 0.2) is 0 Å². The zero-order chi connectivity index (χ0) is 15.5. The summed E-state index contributed by atoms with van der Waals surface area (Å²) in [5, 5.41) is 6.12. The minimum absolute atomic E-state index is 0.0836. The molecule has 2 rings (SSSR count). The third kappa shape index (κ3) is 4.59. The summed E-state index contributed by atoms with van der Waals surface area (Å²) in [4.78, 5) is 12.1. The van der Waals surface area contributed by atoms with Crippen molar-refractivity contribution in [2.75, 3.05) is 6.54 Å². The molecule has 0 aromatic carbocycles. The van der Waals surface area contributed by atoms with Crippen LogP contribution in [0.5, 0.6) is 0 Å². The fourth-order valence-electron chi connectivity index (χ4n) is 3.59. The van der Waals surface area contributed by atoms with Crippen LogP contribution in [0.3, 0.4) is 0 Å². The highest BCUT2D eigenvalue weighted by molar-refractivity contribution is 5.79. The first-order valence-corrected chi connectivity index (χ1v) is 7.98. The summed E-state index contributed by atoms with van der Waals surface area (Å²) in [5.74, 6) is -2.79. The highest BCUT2D eigenvalue weighted by atomic mass is 19.4. The Morgan fingerprint density at radius 1 is 1.14 bits per heavy atom. The zero-order valence-electron chi connectivity index (χ0n) is 12.5. The largest absolute Gasteiger partial charge is 0.392 e. The summed E-state index contributed by atoms with van der Waals surface area (Å²) in [6, 6.07) is 0.601. The molecule has 4 atom stereocenters. The number of alkyl halides is 3. The van der Waals surface area contributed by atoms with Gasteiger partial charge in [0.25, 0.3) is 0 Å². The number of piperidine rings is 1. The van der Waals surface area contributed by atoms with Gasteiger partial charge in [-0.2, -0.15) is 13.2 Å². The van der Waals surface area contributed by atoms with Crippen LogP contribution in [0.25, 0.3) is 0 Å². The molecule has 1 aliphatic carbocycles. The molecule has 1 heterocycles. The zero-order valence-corrected chi connectivity index (χ0v) is 12.5. The number of hydrogen-bond donors (Lipinski definition) is 2. The van der Waals surface area contributed by atoms with E-state index in [1.54, 1.807) is 0 Å². The predicted molar refractivity (Wildman–Crippen MR) is 74.7 cm³/mol. The number of halogens is 3. The van der Waals surface area contributed by atoms with Crippen LogP contribution in [0.4, 0.5) is 13.2 Å². The van der Waals surface area contributed by atoms with Gasteiger partial charge in [0.05, 0.1) is 5.92 Å². The lowest BCUT2D eigenvalue weighted by Crippen LogP contribution is -2.50. The van der Waals surface area contributed by atoms with Crippen LogP contribution < -0.4 is 10.6 Å². The lowest BCUT2D eigenvalue weighted by Gasteiger charge is -2.33. The van der Waals surface area contributed by atoms with Gasteiger partial charge in [-0.05, 0) is 32.6 Å². The summed E-state index contributed by atoms with van der Waals surface area (Å²) in [6.07, 6.45) is 0.633. The number of carbonyl (C=O) groups is 1. The molecule has 2 fully saturated rings. The van der Waals surface area contributed by atoms with Crippen molar-refractivity contribution in [1.29, 1.82) is 0 Å². The van der Waals surface area contributed by atoms with Gasteiger partial charge in [0.2, 0.25) is 5.91 Å². The van der Waals surface area contributed by atoms with E-state index in [1.807, 2.05) is 0 Å². The van der Waals surface area contributed by atoms with Crippen molar-refractivity contribution < 1.29 is 18.0 Å². The van der Waals surface area contributed by atoms with Crippen LogP contribution >= 0.6 is 0 Å². The number of amides is 1. The van der Waals surface area contributed by atoms with Crippen molar-refractivity contribution in [2.24, 2.45) is 11.8 Å². The van der Waals surface area contributed by atoms with Crippen molar-refractivity contribution in [1.82, 2.24) is 10.6 Å². The molecule has 0 aromatic rings. The first kappa shape index (κ1) is 16.6. The van der Waals surface area contributed by atoms with E-state index in [0.29, 0.717) is 31.8 Å². The van der Waals surface area contributed by atoms with E-state index in [0.717, 1.165) is 19.3 Å². The second-order valence-electron chi connectivity index (χ2n) is 6.48. The molecule has 3 nitrogen and oxygen atoms in total. The standard InChI is InChI=1S/C15H25F3N2O/c1-10-5-4-6-11(20-10)9-19-14(21)12-7-2-3-8-13(12)15(16,17)18/h10-13,20H,2-9H2,1H3,(H,19,21). The number of hydrogen-bond acceptors (Lipinski definition) is 2. The molecular formula is C15H25F3N2O. The highest BCUT2D eigenvalue weighted by Crippen LogP contribution is 2.41. The molecule has 1 amide bonds. The Hall–Kier alpha value is -0.780. The quantitative estimate of drug-likeness (QED) is 0.841. The Labute approximate surface area is 124 Å². The van der Waals surface area contributed by atoms with Crippen molar-refractivity contribution in [2.45, 2.75) is 70.1 Å². The van der Waals surface area contributed by atoms with E-state index in [2.05, 4.69) is 17.6 Å². The fraction of sp³-hybridized carbons (Fsp3) is 0.933. The van der Waals surface area contributed by atoms with Crippen LogP contribution in [-0.4, -0.2) is 30.7 Å². The van der Waals surface area contributed by atoms with Crippen molar-refractivity contribution >= 4 is 5.91 Å². The van der Waals surface area contributed by atoms with E-state index in [4.69, 9.17) is 0 Å². The molecule has 1 aliphatic heterocycles. The molecule has 122 valence electrons. The third-order valence-electron chi connectivity index (χ3n) is 4.76. The maximum atomic E-state index is 13.0. The molecule has 6 heteroatoms. The van der Waals surface area contributed by atoms with Crippen LogP contribution in [0.15, 0.2) is 0 Å². The normalized spacial score (nSPS) is 34.5. The van der Waals surface area contributed by atoms with E-state index in [9.17, 15) is 18.0 Å². The summed E-state index contributed by atoms with van der Waals surface area (Å²) < 4.78 is 39.0. The van der Waals surface area contributed by atoms with Gasteiger partial charge in [-0.15, -0.1) is 0 Å². The second kappa shape index (κ2) is 6.99. The molecule has 0 aromatic heterocycles. The van der Waals surface area contributed by atoms with E-state index in [1.165, 1.54) is 0 Å². The molecule has 21 heavy (non-hydrogen) atoms. The lowest BCUT2D eigenvalue weighted by atomic mass is 9.78. The maximum Gasteiger partial charge on any atom is 0.392 e. The molecule has 4 unspecified atom stereocenters. The lowest BCUT2D eigenvalue weighted by molar-refractivity contribution is -0.198. The van der Waals surface area contributed by atoms with E-state index >= 15 is 0 Å². The second-order valence-corrected chi connectivity index (χ2v) is 6.48. The average Bonchev–Trinajstić information content (AvgIpc) is 2.44. The smallest absolute Gasteiger partial charge is 0.354 e. The Kier molecular flexibility index (Phi) is 5.52. The van der Waals surface area contributed by atoms with Crippen LogP contribution in [-0.2, 0) is 4.79 Å². The van der Waals surface area contributed by atoms with Gasteiger partial charge in [0.1, 0.15) is 0 Å². The van der Waals surface area contributed by atoms with Crippen LogP contribution in [0, 0.1) is 11.8 Å². The Morgan fingerprint density at radius 3 is 2.52 bits per heavy atom. The maximum absolute atomic E-state index is 13.0. The minimum atomic E-state index is -4.26. The Morgan fingerprint density at radius 2 is 1.86 bits per heavy atom. The van der Waals surface area contributed by atoms with Crippen LogP contribution in [0.1, 0.15) is 51.9 Å². The SMILES string of the molecule is CC1CCCC(CNC(=O)C2CCCCC2C(F)(F)F)N1. The predicted octanol–water partition coefficient (Wildman–Crippen LogP) is 3.00. The molecule has 2 aliphatic rings. The summed E-state index contributed by atoms with van der Waals surface area (Å²) in [6.45, 7) is 2.53. The molecule has 1 saturated carbocycles. The van der Waals surface area contributed by atoms with Gasteiger partial charge in [-0.25, -0.2) is 0 Å². The van der Waals surface area contributed by atoms with E-state index < -0.39 is 23.9 Å². The molecule has 0 bridgehead atoms. The molecule has 0 radical (unpaired) electrons. The minimum Gasteiger partial charge on any atom is -0.354 e. The van der Waals surface area contributed by atoms with Gasteiger partial charge < -0.3 is 10.6 Å². The highest BCUT2D eigenvalue weighted by Gasteiger charge is 2.48. The van der Waals surface area contributed by atoms with Gasteiger partial charge in [0, 0.05) is 24.5 Å². The Bertz CT molecular complexity index is 359. The van der Waals surface area contributed by atoms with Crippen molar-refractivity contribution in [3.63, 3.8) is 0 Å². The number of nitrogens with one attached hydrogen (secondary N) is 2. The van der Waals surface area contributed by atoms with Gasteiger partial charge in [-0.1, -0.05) is 19.3 Å². The number of carbonyl (C=O) groups excluding carboxylic acids is 1. The molecular weight excluding hydrogens is 281 g/mol. The van der Waals surface area contributed by atoms with Gasteiger partial charge >= 0.3 is 6.18 Å². The first-order chi connectivity index (χ1) is 9.88. The average molecular weight is 306 g/mol. The first-order valence-electron chi connectivity index (χ1n) is 7.98. The molecule has 2 N–H and O–H groups in total. The van der Waals surface area contributed by atoms with Crippen molar-refractivity contribution in [3.8, 4) is 0 Å². The van der Waals surface area contributed by atoms with E-state index in [-0.39, 0.29) is 12.5 Å². The Balaban J connectivity index is 1.86. The number of rotatable bonds is 3. The third-order valence-corrected chi connectivity index (χ3v) is 4.76. The topological polar surface area (TPSA) is 41.1 Å². The summed E-state index contributed by atoms with van der Waals surface area (Å²) in [5.41, 5.74) is 0. The van der Waals surface area contributed by atoms with Gasteiger partial charge in [-0.3, -0.25) is 4.79 Å². The van der Waals surface area contributed by atoms with Crippen molar-refractivity contribution in [3.05, 3.63) is 0 Å².